The van der Waals surface area contributed by atoms with E-state index in [-0.39, 0.29) is 5.56 Å². The van der Waals surface area contributed by atoms with Crippen LogP contribution in [0.25, 0.3) is 11.3 Å². The highest BCUT2D eigenvalue weighted by Crippen LogP contribution is 2.36. The van der Waals surface area contributed by atoms with Crippen LogP contribution in [-0.4, -0.2) is 9.66 Å². The fourth-order valence-electron chi connectivity index (χ4n) is 2.97. The summed E-state index contributed by atoms with van der Waals surface area (Å²) in [5.74, 6) is 7.38. The predicted octanol–water partition coefficient (Wildman–Crippen LogP) is 3.44. The molecule has 4 nitrogen and oxygen atoms in total. The molecule has 1 fully saturated rings. The van der Waals surface area contributed by atoms with Gasteiger partial charge in [0, 0.05) is 17.0 Å². The minimum absolute atomic E-state index is 0.0408. The minimum Gasteiger partial charge on any atom is -0.382 e. The van der Waals surface area contributed by atoms with E-state index in [1.807, 2.05) is 0 Å². The van der Waals surface area contributed by atoms with Gasteiger partial charge in [0.2, 0.25) is 0 Å². The summed E-state index contributed by atoms with van der Waals surface area (Å²) in [6.07, 6.45) is 1.90. The smallest absolute Gasteiger partial charge is 0.263 e. The molecule has 0 saturated heterocycles. The number of nitrogen functional groups attached to an aromatic ring is 2. The maximum Gasteiger partial charge on any atom is 0.263 e. The highest BCUT2D eigenvalue weighted by Gasteiger charge is 2.25. The molecule has 0 amide bonds. The van der Waals surface area contributed by atoms with Crippen molar-refractivity contribution in [2.45, 2.75) is 38.0 Å². The predicted molar refractivity (Wildman–Crippen MR) is 78.4 cm³/mol. The monoisotopic (exact) mass is 292 g/mol. The molecule has 3 rings (SSSR count). The molecule has 0 radical (unpaired) electrons. The fraction of sp³-hybridized carbons (Fsp3) is 0.400. The summed E-state index contributed by atoms with van der Waals surface area (Å²) < 4.78 is 27.0. The molecule has 0 aliphatic heterocycles. The number of halogens is 2. The van der Waals surface area contributed by atoms with Gasteiger partial charge in [-0.05, 0) is 18.9 Å². The molecule has 21 heavy (non-hydrogen) atoms. The van der Waals surface area contributed by atoms with Crippen LogP contribution in [-0.2, 0) is 0 Å². The van der Waals surface area contributed by atoms with Crippen LogP contribution in [0.3, 0.4) is 0 Å². The van der Waals surface area contributed by atoms with Gasteiger partial charge in [0.15, 0.2) is 5.82 Å². The lowest BCUT2D eigenvalue weighted by atomic mass is 10.1. The van der Waals surface area contributed by atoms with Crippen LogP contribution < -0.4 is 11.6 Å². The molecule has 1 heterocycles. The average Bonchev–Trinajstić information content (AvgIpc) is 3.09. The zero-order valence-electron chi connectivity index (χ0n) is 11.6. The van der Waals surface area contributed by atoms with E-state index < -0.39 is 6.43 Å². The maximum absolute atomic E-state index is 12.8. The number of nitrogens with zero attached hydrogens (tertiary/aromatic N) is 2. The third kappa shape index (κ3) is 2.46. The van der Waals surface area contributed by atoms with Crippen molar-refractivity contribution in [3.05, 3.63) is 35.7 Å². The molecule has 1 saturated carbocycles. The Labute approximate surface area is 121 Å². The second-order valence-electron chi connectivity index (χ2n) is 5.48. The van der Waals surface area contributed by atoms with Gasteiger partial charge in [-0.25, -0.2) is 18.4 Å². The van der Waals surface area contributed by atoms with E-state index in [9.17, 15) is 8.78 Å². The van der Waals surface area contributed by atoms with Crippen LogP contribution >= 0.6 is 0 Å². The van der Waals surface area contributed by atoms with E-state index in [0.29, 0.717) is 23.0 Å². The van der Waals surface area contributed by atoms with Crippen LogP contribution in [0.1, 0.15) is 49.4 Å². The minimum atomic E-state index is -2.51. The molecule has 1 aliphatic rings. The van der Waals surface area contributed by atoms with Crippen LogP contribution in [0.4, 0.5) is 14.6 Å². The van der Waals surface area contributed by atoms with E-state index in [4.69, 9.17) is 11.6 Å². The number of anilines is 1. The molecule has 0 atom stereocenters. The Hall–Kier alpha value is -2.11. The van der Waals surface area contributed by atoms with Gasteiger partial charge in [-0.1, -0.05) is 31.0 Å². The Morgan fingerprint density at radius 2 is 1.95 bits per heavy atom. The average molecular weight is 292 g/mol. The first-order valence-electron chi connectivity index (χ1n) is 7.09. The maximum atomic E-state index is 12.8. The fourth-order valence-corrected chi connectivity index (χ4v) is 2.97. The van der Waals surface area contributed by atoms with Crippen molar-refractivity contribution in [1.29, 1.82) is 0 Å². The second kappa shape index (κ2) is 5.35. The number of alkyl halides is 2. The molecule has 0 spiro atoms. The first-order chi connectivity index (χ1) is 10.1. The van der Waals surface area contributed by atoms with E-state index in [1.54, 1.807) is 12.1 Å². The van der Waals surface area contributed by atoms with Gasteiger partial charge in [-0.15, -0.1) is 0 Å². The zero-order valence-corrected chi connectivity index (χ0v) is 11.6. The third-order valence-electron chi connectivity index (χ3n) is 4.11. The van der Waals surface area contributed by atoms with Crippen molar-refractivity contribution < 1.29 is 8.78 Å². The number of hydrogen-bond donors (Lipinski definition) is 2. The second-order valence-corrected chi connectivity index (χ2v) is 5.48. The van der Waals surface area contributed by atoms with E-state index in [0.717, 1.165) is 31.5 Å². The lowest BCUT2D eigenvalue weighted by molar-refractivity contribution is 0.151. The Kier molecular flexibility index (Phi) is 3.53. The summed E-state index contributed by atoms with van der Waals surface area (Å²) >= 11 is 0. The van der Waals surface area contributed by atoms with Crippen molar-refractivity contribution in [2.24, 2.45) is 0 Å². The Bertz CT molecular complexity index is 645. The SMILES string of the molecule is Nc1c(-c2cccc(C(F)F)c2)nc(C2CCCC2)n1N. The molecule has 2 aromatic rings. The summed E-state index contributed by atoms with van der Waals surface area (Å²) in [5, 5.41) is 0. The van der Waals surface area contributed by atoms with Gasteiger partial charge in [0.25, 0.3) is 6.43 Å². The molecule has 1 aliphatic carbocycles. The van der Waals surface area contributed by atoms with Gasteiger partial charge in [-0.2, -0.15) is 0 Å². The normalized spacial score (nSPS) is 16.0. The highest BCUT2D eigenvalue weighted by molar-refractivity contribution is 5.71. The molecule has 6 heteroatoms. The lowest BCUT2D eigenvalue weighted by Gasteiger charge is -2.08. The van der Waals surface area contributed by atoms with Crippen molar-refractivity contribution in [3.63, 3.8) is 0 Å². The molecular formula is C15H18F2N4. The van der Waals surface area contributed by atoms with Crippen molar-refractivity contribution in [2.75, 3.05) is 11.6 Å². The Morgan fingerprint density at radius 1 is 1.24 bits per heavy atom. The molecule has 0 unspecified atom stereocenters. The van der Waals surface area contributed by atoms with E-state index in [2.05, 4.69) is 4.98 Å². The molecule has 1 aromatic heterocycles. The summed E-state index contributed by atoms with van der Waals surface area (Å²) in [4.78, 5) is 4.53. The van der Waals surface area contributed by atoms with Gasteiger partial charge >= 0.3 is 0 Å². The molecule has 1 aromatic carbocycles. The largest absolute Gasteiger partial charge is 0.382 e. The van der Waals surface area contributed by atoms with Gasteiger partial charge < -0.3 is 11.6 Å². The first-order valence-corrected chi connectivity index (χ1v) is 7.09. The van der Waals surface area contributed by atoms with Gasteiger partial charge in [0.1, 0.15) is 11.5 Å². The lowest BCUT2D eigenvalue weighted by Crippen LogP contribution is -2.17. The summed E-state index contributed by atoms with van der Waals surface area (Å²) in [6, 6.07) is 6.12. The summed E-state index contributed by atoms with van der Waals surface area (Å²) in [6.45, 7) is 0. The van der Waals surface area contributed by atoms with Crippen LogP contribution in [0.2, 0.25) is 0 Å². The van der Waals surface area contributed by atoms with Gasteiger partial charge in [-0.3, -0.25) is 0 Å². The van der Waals surface area contributed by atoms with Crippen molar-refractivity contribution >= 4 is 5.82 Å². The van der Waals surface area contributed by atoms with Crippen LogP contribution in [0.5, 0.6) is 0 Å². The topological polar surface area (TPSA) is 69.9 Å². The summed E-state index contributed by atoms with van der Waals surface area (Å²) in [7, 11) is 0. The van der Waals surface area contributed by atoms with Gasteiger partial charge in [0.05, 0.1) is 0 Å². The van der Waals surface area contributed by atoms with Crippen molar-refractivity contribution in [3.8, 4) is 11.3 Å². The first kappa shape index (κ1) is 13.9. The Balaban J connectivity index is 2.02. The standard InChI is InChI=1S/C15H18F2N4/c16-13(17)11-7-3-6-10(8-11)12-14(18)21(19)15(20-12)9-4-1-2-5-9/h3,6-9,13H,1-2,4-5,18-19H2. The molecular weight excluding hydrogens is 274 g/mol. The van der Waals surface area contributed by atoms with E-state index >= 15 is 0 Å². The molecule has 4 N–H and O–H groups in total. The highest BCUT2D eigenvalue weighted by atomic mass is 19.3. The number of benzene rings is 1. The number of imidazole rings is 1. The third-order valence-corrected chi connectivity index (χ3v) is 4.11. The number of hydrogen-bond acceptors (Lipinski definition) is 3. The van der Waals surface area contributed by atoms with E-state index in [1.165, 1.54) is 16.8 Å². The molecule has 112 valence electrons. The number of aromatic nitrogens is 2. The molecule has 0 bridgehead atoms. The quantitative estimate of drug-likeness (QED) is 0.851. The number of nitrogens with two attached hydrogens (primary N) is 2. The summed E-state index contributed by atoms with van der Waals surface area (Å²) in [5.41, 5.74) is 7.04. The van der Waals surface area contributed by atoms with Crippen LogP contribution in [0.15, 0.2) is 24.3 Å². The van der Waals surface area contributed by atoms with Crippen molar-refractivity contribution in [1.82, 2.24) is 9.66 Å². The zero-order chi connectivity index (χ0) is 15.0. The number of rotatable bonds is 3. The van der Waals surface area contributed by atoms with Crippen LogP contribution in [0, 0.1) is 0 Å². The Morgan fingerprint density at radius 3 is 2.62 bits per heavy atom.